The molecule has 1 aromatic rings. The van der Waals surface area contributed by atoms with E-state index in [0.717, 1.165) is 44.4 Å². The van der Waals surface area contributed by atoms with Crippen molar-refractivity contribution in [3.05, 3.63) is 29.8 Å². The van der Waals surface area contributed by atoms with Crippen molar-refractivity contribution in [2.75, 3.05) is 32.8 Å². The first kappa shape index (κ1) is 25.8. The molecule has 0 bridgehead atoms. The van der Waals surface area contributed by atoms with Gasteiger partial charge in [-0.3, -0.25) is 4.90 Å². The van der Waals surface area contributed by atoms with E-state index >= 15 is 0 Å². The predicted molar refractivity (Wildman–Crippen MR) is 113 cm³/mol. The van der Waals surface area contributed by atoms with Crippen LogP contribution in [0.1, 0.15) is 45.1 Å². The molecule has 0 aromatic heterocycles. The molecule has 168 valence electrons. The van der Waals surface area contributed by atoms with Crippen LogP contribution in [-0.4, -0.2) is 87.7 Å². The summed E-state index contributed by atoms with van der Waals surface area (Å²) in [6, 6.07) is 7.95. The summed E-state index contributed by atoms with van der Waals surface area (Å²) >= 11 is 0. The van der Waals surface area contributed by atoms with Gasteiger partial charge in [0.15, 0.2) is 0 Å². The first-order chi connectivity index (χ1) is 13.9. The van der Waals surface area contributed by atoms with Crippen molar-refractivity contribution in [3.8, 4) is 5.75 Å². The molecule has 0 radical (unpaired) electrons. The summed E-state index contributed by atoms with van der Waals surface area (Å²) < 4.78 is 5.80. The molecule has 0 spiro atoms. The van der Waals surface area contributed by atoms with Crippen molar-refractivity contribution in [1.82, 2.24) is 4.90 Å². The Balaban J connectivity index is 2.56. The monoisotopic (exact) mass is 413 g/mol. The molecule has 29 heavy (non-hydrogen) atoms. The average Bonchev–Trinajstić information content (AvgIpc) is 2.75. The number of benzene rings is 1. The zero-order chi connectivity index (χ0) is 21.6. The minimum atomic E-state index is -1.61. The third kappa shape index (κ3) is 9.89. The highest BCUT2D eigenvalue weighted by atomic mass is 16.5. The van der Waals surface area contributed by atoms with E-state index in [1.807, 2.05) is 29.2 Å². The largest absolute Gasteiger partial charge is 0.492 e. The van der Waals surface area contributed by atoms with Crippen molar-refractivity contribution in [2.45, 2.75) is 70.4 Å². The second-order valence-corrected chi connectivity index (χ2v) is 7.51. The lowest BCUT2D eigenvalue weighted by molar-refractivity contribution is -0.119. The zero-order valence-corrected chi connectivity index (χ0v) is 17.8. The molecule has 0 aliphatic carbocycles. The van der Waals surface area contributed by atoms with Gasteiger partial charge in [0.05, 0.1) is 12.7 Å². The predicted octanol–water partition coefficient (Wildman–Crippen LogP) is 0.946. The molecule has 0 heterocycles. The van der Waals surface area contributed by atoms with Gasteiger partial charge in [0.1, 0.15) is 30.7 Å². The molecule has 0 amide bonds. The number of nitrogens with zero attached hydrogens (tertiary/aromatic N) is 1. The van der Waals surface area contributed by atoms with Crippen molar-refractivity contribution < 1.29 is 30.3 Å². The number of aryl methyl sites for hydroxylation is 1. The van der Waals surface area contributed by atoms with Gasteiger partial charge in [-0.05, 0) is 37.1 Å². The van der Waals surface area contributed by atoms with Crippen LogP contribution in [-0.2, 0) is 6.42 Å². The Labute approximate surface area is 174 Å². The molecule has 1 rings (SSSR count). The Bertz CT molecular complexity index is 527. The highest BCUT2D eigenvalue weighted by molar-refractivity contribution is 5.27. The standard InChI is InChI=1S/C22H39NO6/c1-3-5-6-7-12-23(15-19(25)21(27)22(28)20(26)16-24)13-14-29-18-10-8-17(4-2)9-11-18/h8-11,19-22,24-28H,3-7,12-16H2,1-2H3/t19-,20+,21+,22+/m0/s1. The van der Waals surface area contributed by atoms with E-state index in [1.165, 1.54) is 5.56 Å². The van der Waals surface area contributed by atoms with Crippen molar-refractivity contribution in [2.24, 2.45) is 0 Å². The van der Waals surface area contributed by atoms with Crippen molar-refractivity contribution in [1.29, 1.82) is 0 Å². The minimum Gasteiger partial charge on any atom is -0.492 e. The van der Waals surface area contributed by atoms with Crippen molar-refractivity contribution in [3.63, 3.8) is 0 Å². The molecule has 0 unspecified atom stereocenters. The molecule has 0 aliphatic rings. The lowest BCUT2D eigenvalue weighted by Crippen LogP contribution is -2.50. The number of aliphatic hydroxyl groups is 5. The molecule has 0 saturated carbocycles. The van der Waals surface area contributed by atoms with E-state index in [0.29, 0.717) is 13.2 Å². The summed E-state index contributed by atoms with van der Waals surface area (Å²) in [6.07, 6.45) is -0.607. The highest BCUT2D eigenvalue weighted by Crippen LogP contribution is 2.13. The molecular weight excluding hydrogens is 374 g/mol. The fraction of sp³-hybridized carbons (Fsp3) is 0.727. The van der Waals surface area contributed by atoms with E-state index in [2.05, 4.69) is 13.8 Å². The molecule has 7 heteroatoms. The molecular formula is C22H39NO6. The van der Waals surface area contributed by atoms with Crippen LogP contribution < -0.4 is 4.74 Å². The zero-order valence-electron chi connectivity index (χ0n) is 17.8. The van der Waals surface area contributed by atoms with Gasteiger partial charge in [-0.15, -0.1) is 0 Å². The number of hydrogen-bond acceptors (Lipinski definition) is 7. The Morgan fingerprint density at radius 2 is 1.52 bits per heavy atom. The number of ether oxygens (including phenoxy) is 1. The van der Waals surface area contributed by atoms with Gasteiger partial charge in [0, 0.05) is 13.1 Å². The Morgan fingerprint density at radius 1 is 0.862 bits per heavy atom. The summed E-state index contributed by atoms with van der Waals surface area (Å²) in [6.45, 7) is 5.43. The van der Waals surface area contributed by atoms with Crippen LogP contribution in [0.3, 0.4) is 0 Å². The van der Waals surface area contributed by atoms with E-state index < -0.39 is 31.0 Å². The Kier molecular flexibility index (Phi) is 13.1. The van der Waals surface area contributed by atoms with Crippen LogP contribution in [0.5, 0.6) is 5.75 Å². The fourth-order valence-corrected chi connectivity index (χ4v) is 3.11. The van der Waals surface area contributed by atoms with E-state index in [4.69, 9.17) is 9.84 Å². The first-order valence-corrected chi connectivity index (χ1v) is 10.7. The maximum Gasteiger partial charge on any atom is 0.119 e. The van der Waals surface area contributed by atoms with Gasteiger partial charge in [-0.25, -0.2) is 0 Å². The van der Waals surface area contributed by atoms with Crippen LogP contribution in [0.2, 0.25) is 0 Å². The van der Waals surface area contributed by atoms with E-state index in [1.54, 1.807) is 0 Å². The molecule has 0 saturated heterocycles. The molecule has 7 nitrogen and oxygen atoms in total. The average molecular weight is 414 g/mol. The topological polar surface area (TPSA) is 114 Å². The van der Waals surface area contributed by atoms with Gasteiger partial charge in [0.2, 0.25) is 0 Å². The molecule has 0 aliphatic heterocycles. The summed E-state index contributed by atoms with van der Waals surface area (Å²) in [5.41, 5.74) is 1.25. The maximum absolute atomic E-state index is 10.3. The summed E-state index contributed by atoms with van der Waals surface area (Å²) in [5.74, 6) is 0.787. The molecule has 5 N–H and O–H groups in total. The third-order valence-corrected chi connectivity index (χ3v) is 5.11. The van der Waals surface area contributed by atoms with Gasteiger partial charge >= 0.3 is 0 Å². The second-order valence-electron chi connectivity index (χ2n) is 7.51. The number of unbranched alkanes of at least 4 members (excludes halogenated alkanes) is 3. The quantitative estimate of drug-likeness (QED) is 0.256. The lowest BCUT2D eigenvalue weighted by atomic mass is 10.0. The fourth-order valence-electron chi connectivity index (χ4n) is 3.11. The molecule has 0 fully saturated rings. The highest BCUT2D eigenvalue weighted by Gasteiger charge is 2.30. The van der Waals surface area contributed by atoms with Crippen molar-refractivity contribution >= 4 is 0 Å². The van der Waals surface area contributed by atoms with Gasteiger partial charge in [-0.1, -0.05) is 45.2 Å². The van der Waals surface area contributed by atoms with Gasteiger partial charge in [-0.2, -0.15) is 0 Å². The Hall–Kier alpha value is -1.22. The normalized spacial score (nSPS) is 15.9. The molecule has 4 atom stereocenters. The van der Waals surface area contributed by atoms with E-state index in [-0.39, 0.29) is 6.54 Å². The summed E-state index contributed by atoms with van der Waals surface area (Å²) in [5, 5.41) is 48.6. The van der Waals surface area contributed by atoms with Gasteiger partial charge in [0.25, 0.3) is 0 Å². The van der Waals surface area contributed by atoms with E-state index in [9.17, 15) is 20.4 Å². The number of aliphatic hydroxyl groups excluding tert-OH is 5. The Morgan fingerprint density at radius 3 is 2.10 bits per heavy atom. The maximum atomic E-state index is 10.3. The number of hydrogen-bond donors (Lipinski definition) is 5. The second kappa shape index (κ2) is 14.7. The minimum absolute atomic E-state index is 0.140. The first-order valence-electron chi connectivity index (χ1n) is 10.7. The lowest BCUT2D eigenvalue weighted by Gasteiger charge is -2.30. The van der Waals surface area contributed by atoms with Crippen LogP contribution in [0.4, 0.5) is 0 Å². The number of rotatable bonds is 16. The van der Waals surface area contributed by atoms with Crippen LogP contribution in [0, 0.1) is 0 Å². The van der Waals surface area contributed by atoms with Crippen LogP contribution >= 0.6 is 0 Å². The third-order valence-electron chi connectivity index (χ3n) is 5.11. The van der Waals surface area contributed by atoms with Gasteiger partial charge < -0.3 is 30.3 Å². The molecule has 1 aromatic carbocycles. The smallest absolute Gasteiger partial charge is 0.119 e. The SMILES string of the molecule is CCCCCCN(CCOc1ccc(CC)cc1)C[C@H](O)[C@@H](O)[C@H](O)[C@H](O)CO. The van der Waals surface area contributed by atoms with Crippen LogP contribution in [0.25, 0.3) is 0 Å². The summed E-state index contributed by atoms with van der Waals surface area (Å²) in [4.78, 5) is 1.99. The summed E-state index contributed by atoms with van der Waals surface area (Å²) in [7, 11) is 0. The van der Waals surface area contributed by atoms with Crippen LogP contribution in [0.15, 0.2) is 24.3 Å².